The van der Waals surface area contributed by atoms with Crippen LogP contribution in [0, 0.1) is 0 Å². The van der Waals surface area contributed by atoms with Gasteiger partial charge in [-0.25, -0.2) is 8.42 Å². The van der Waals surface area contributed by atoms with E-state index in [2.05, 4.69) is 10.0 Å². The van der Waals surface area contributed by atoms with Crippen LogP contribution in [0.4, 0.5) is 0 Å². The standard InChI is InChI=1S/C13H17N3O3S2/c1-8(13(17)15-10-4-5-10)16-21(18,19)11-6-2-9(3-7-11)12(14)20/h2-3,6-8,10,16H,4-5H2,1H3,(H2,14,20)(H,15,17). The van der Waals surface area contributed by atoms with Crippen molar-refractivity contribution in [3.05, 3.63) is 29.8 Å². The fourth-order valence-corrected chi connectivity index (χ4v) is 3.05. The van der Waals surface area contributed by atoms with Gasteiger partial charge in [0.15, 0.2) is 0 Å². The molecule has 114 valence electrons. The molecule has 21 heavy (non-hydrogen) atoms. The van der Waals surface area contributed by atoms with Crippen LogP contribution in [0.15, 0.2) is 29.2 Å². The van der Waals surface area contributed by atoms with Crippen LogP contribution in [0.3, 0.4) is 0 Å². The van der Waals surface area contributed by atoms with E-state index in [-0.39, 0.29) is 21.8 Å². The van der Waals surface area contributed by atoms with Crippen LogP contribution in [0.25, 0.3) is 0 Å². The van der Waals surface area contributed by atoms with E-state index < -0.39 is 16.1 Å². The van der Waals surface area contributed by atoms with Crippen molar-refractivity contribution in [2.45, 2.75) is 36.7 Å². The lowest BCUT2D eigenvalue weighted by atomic mass is 10.2. The average molecular weight is 327 g/mol. The van der Waals surface area contributed by atoms with E-state index in [1.54, 1.807) is 0 Å². The first-order valence-corrected chi connectivity index (χ1v) is 8.41. The van der Waals surface area contributed by atoms with Crippen molar-refractivity contribution in [1.29, 1.82) is 0 Å². The molecule has 4 N–H and O–H groups in total. The van der Waals surface area contributed by atoms with Gasteiger partial charge in [-0.2, -0.15) is 4.72 Å². The van der Waals surface area contributed by atoms with Crippen molar-refractivity contribution in [3.63, 3.8) is 0 Å². The highest BCUT2D eigenvalue weighted by molar-refractivity contribution is 7.89. The van der Waals surface area contributed by atoms with Crippen LogP contribution in [0.2, 0.25) is 0 Å². The molecule has 1 atom stereocenters. The fourth-order valence-electron chi connectivity index (χ4n) is 1.71. The monoisotopic (exact) mass is 327 g/mol. The number of sulfonamides is 1. The van der Waals surface area contributed by atoms with Gasteiger partial charge in [-0.3, -0.25) is 4.79 Å². The van der Waals surface area contributed by atoms with E-state index in [0.29, 0.717) is 5.56 Å². The summed E-state index contributed by atoms with van der Waals surface area (Å²) in [7, 11) is -3.76. The fraction of sp³-hybridized carbons (Fsp3) is 0.385. The second-order valence-corrected chi connectivity index (χ2v) is 7.17. The summed E-state index contributed by atoms with van der Waals surface area (Å²) in [6.07, 6.45) is 1.90. The summed E-state index contributed by atoms with van der Waals surface area (Å²) in [6, 6.07) is 5.24. The summed E-state index contributed by atoms with van der Waals surface area (Å²) in [5.74, 6) is -0.319. The van der Waals surface area contributed by atoms with E-state index in [1.165, 1.54) is 31.2 Å². The molecule has 1 saturated carbocycles. The molecule has 0 heterocycles. The Kier molecular flexibility index (Phi) is 4.60. The Morgan fingerprint density at radius 2 is 1.90 bits per heavy atom. The lowest BCUT2D eigenvalue weighted by Crippen LogP contribution is -2.45. The number of hydrogen-bond acceptors (Lipinski definition) is 4. The second kappa shape index (κ2) is 6.08. The second-order valence-electron chi connectivity index (χ2n) is 5.01. The molecular formula is C13H17N3O3S2. The number of hydrogen-bond donors (Lipinski definition) is 3. The number of carbonyl (C=O) groups is 1. The van der Waals surface area contributed by atoms with Crippen molar-refractivity contribution in [3.8, 4) is 0 Å². The largest absolute Gasteiger partial charge is 0.389 e. The molecule has 1 aromatic rings. The summed E-state index contributed by atoms with van der Waals surface area (Å²) >= 11 is 4.81. The molecule has 1 aliphatic carbocycles. The van der Waals surface area contributed by atoms with Crippen molar-refractivity contribution < 1.29 is 13.2 Å². The zero-order chi connectivity index (χ0) is 15.6. The Balaban J connectivity index is 2.06. The van der Waals surface area contributed by atoms with Crippen LogP contribution in [0.5, 0.6) is 0 Å². The molecule has 0 spiro atoms. The first-order chi connectivity index (χ1) is 9.79. The zero-order valence-electron chi connectivity index (χ0n) is 11.5. The molecule has 1 unspecified atom stereocenters. The average Bonchev–Trinajstić information content (AvgIpc) is 3.22. The molecule has 1 fully saturated rings. The Morgan fingerprint density at radius 3 is 2.38 bits per heavy atom. The van der Waals surface area contributed by atoms with Gasteiger partial charge in [0.05, 0.1) is 10.9 Å². The molecule has 1 aromatic carbocycles. The Bertz CT molecular complexity index is 652. The number of nitrogens with two attached hydrogens (primary N) is 1. The minimum absolute atomic E-state index is 0.0635. The maximum atomic E-state index is 12.2. The number of benzene rings is 1. The summed E-state index contributed by atoms with van der Waals surface area (Å²) in [5, 5.41) is 2.75. The minimum Gasteiger partial charge on any atom is -0.389 e. The minimum atomic E-state index is -3.76. The third kappa shape index (κ3) is 4.23. The number of amides is 1. The highest BCUT2D eigenvalue weighted by Crippen LogP contribution is 2.18. The predicted molar refractivity (Wildman–Crippen MR) is 83.3 cm³/mol. The van der Waals surface area contributed by atoms with Gasteiger partial charge in [-0.15, -0.1) is 0 Å². The lowest BCUT2D eigenvalue weighted by Gasteiger charge is -2.14. The van der Waals surface area contributed by atoms with Crippen LogP contribution in [-0.2, 0) is 14.8 Å². The van der Waals surface area contributed by atoms with Gasteiger partial charge in [-0.1, -0.05) is 24.4 Å². The Hall–Kier alpha value is -1.51. The molecule has 2 rings (SSSR count). The van der Waals surface area contributed by atoms with Gasteiger partial charge in [0.2, 0.25) is 15.9 Å². The zero-order valence-corrected chi connectivity index (χ0v) is 13.1. The molecule has 0 radical (unpaired) electrons. The molecule has 0 saturated heterocycles. The topological polar surface area (TPSA) is 101 Å². The number of rotatable bonds is 6. The highest BCUT2D eigenvalue weighted by atomic mass is 32.2. The SMILES string of the molecule is CC(NS(=O)(=O)c1ccc(C(N)=S)cc1)C(=O)NC1CC1. The molecule has 8 heteroatoms. The van der Waals surface area contributed by atoms with Gasteiger partial charge in [0, 0.05) is 11.6 Å². The van der Waals surface area contributed by atoms with E-state index in [4.69, 9.17) is 18.0 Å². The van der Waals surface area contributed by atoms with Crippen LogP contribution >= 0.6 is 12.2 Å². The Morgan fingerprint density at radius 1 is 1.33 bits per heavy atom. The highest BCUT2D eigenvalue weighted by Gasteiger charge is 2.28. The van der Waals surface area contributed by atoms with Crippen LogP contribution in [0.1, 0.15) is 25.3 Å². The van der Waals surface area contributed by atoms with E-state index in [0.717, 1.165) is 12.8 Å². The molecule has 1 aliphatic rings. The summed E-state index contributed by atoms with van der Waals surface area (Å²) in [4.78, 5) is 12.0. The lowest BCUT2D eigenvalue weighted by molar-refractivity contribution is -0.122. The summed E-state index contributed by atoms with van der Waals surface area (Å²) in [5.41, 5.74) is 6.05. The van der Waals surface area contributed by atoms with Crippen LogP contribution in [-0.4, -0.2) is 31.4 Å². The number of nitrogens with one attached hydrogen (secondary N) is 2. The predicted octanol–water partition coefficient (Wildman–Crippen LogP) is 0.266. The molecular weight excluding hydrogens is 310 g/mol. The van der Waals surface area contributed by atoms with Crippen molar-refractivity contribution >= 4 is 33.1 Å². The van der Waals surface area contributed by atoms with Gasteiger partial charge in [-0.05, 0) is 31.9 Å². The number of thiocarbonyl (C=S) groups is 1. The first-order valence-electron chi connectivity index (χ1n) is 6.52. The maximum Gasteiger partial charge on any atom is 0.241 e. The molecule has 0 aliphatic heterocycles. The summed E-state index contributed by atoms with van der Waals surface area (Å²) < 4.78 is 26.7. The molecule has 0 aromatic heterocycles. The van der Waals surface area contributed by atoms with Crippen LogP contribution < -0.4 is 15.8 Å². The van der Waals surface area contributed by atoms with Gasteiger partial charge < -0.3 is 11.1 Å². The Labute approximate surface area is 129 Å². The van der Waals surface area contributed by atoms with E-state index in [1.807, 2.05) is 0 Å². The van der Waals surface area contributed by atoms with Gasteiger partial charge >= 0.3 is 0 Å². The van der Waals surface area contributed by atoms with E-state index in [9.17, 15) is 13.2 Å². The molecule has 1 amide bonds. The normalized spacial score (nSPS) is 16.2. The number of carbonyl (C=O) groups excluding carboxylic acids is 1. The van der Waals surface area contributed by atoms with Gasteiger partial charge in [0.1, 0.15) is 4.99 Å². The quantitative estimate of drug-likeness (QED) is 0.651. The first kappa shape index (κ1) is 15.9. The van der Waals surface area contributed by atoms with Gasteiger partial charge in [0.25, 0.3) is 0 Å². The third-order valence-electron chi connectivity index (χ3n) is 3.10. The van der Waals surface area contributed by atoms with Crippen molar-refractivity contribution in [1.82, 2.24) is 10.0 Å². The van der Waals surface area contributed by atoms with E-state index >= 15 is 0 Å². The van der Waals surface area contributed by atoms with Crippen molar-refractivity contribution in [2.75, 3.05) is 0 Å². The summed E-state index contributed by atoms with van der Waals surface area (Å²) in [6.45, 7) is 1.51. The van der Waals surface area contributed by atoms with Crippen molar-refractivity contribution in [2.24, 2.45) is 5.73 Å². The smallest absolute Gasteiger partial charge is 0.241 e. The maximum absolute atomic E-state index is 12.2. The molecule has 6 nitrogen and oxygen atoms in total. The molecule has 0 bridgehead atoms. The third-order valence-corrected chi connectivity index (χ3v) is 4.89.